The molecule has 3 nitrogen and oxygen atoms in total. The van der Waals surface area contributed by atoms with Gasteiger partial charge in [0.1, 0.15) is 0 Å². The van der Waals surface area contributed by atoms with E-state index in [1.165, 1.54) is 0 Å². The Morgan fingerprint density at radius 3 is 2.71 bits per heavy atom. The van der Waals surface area contributed by atoms with Crippen molar-refractivity contribution in [2.75, 3.05) is 12.8 Å². The molecule has 1 aromatic rings. The van der Waals surface area contributed by atoms with Crippen molar-refractivity contribution in [1.82, 2.24) is 5.32 Å². The summed E-state index contributed by atoms with van der Waals surface area (Å²) in [5, 5.41) is 3.06. The summed E-state index contributed by atoms with van der Waals surface area (Å²) >= 11 is 5.87. The molecule has 0 aliphatic heterocycles. The molecule has 1 amide bonds. The first-order chi connectivity index (χ1) is 6.60. The van der Waals surface area contributed by atoms with Gasteiger partial charge in [-0.15, -0.1) is 0 Å². The van der Waals surface area contributed by atoms with Gasteiger partial charge in [-0.25, -0.2) is 0 Å². The standard InChI is InChI=1S/C10H13ClN2O/c1-3-6-4-7(11)5-8(9(6)12)10(14)13-2/h4-5H,3,12H2,1-2H3,(H,13,14). The van der Waals surface area contributed by atoms with Crippen LogP contribution in [-0.4, -0.2) is 13.0 Å². The minimum Gasteiger partial charge on any atom is -0.398 e. The Bertz CT molecular complexity index is 363. The van der Waals surface area contributed by atoms with Crippen LogP contribution in [0.5, 0.6) is 0 Å². The summed E-state index contributed by atoms with van der Waals surface area (Å²) in [5.74, 6) is -0.209. The highest BCUT2D eigenvalue weighted by Gasteiger charge is 2.11. The van der Waals surface area contributed by atoms with Gasteiger partial charge in [0.15, 0.2) is 0 Å². The zero-order chi connectivity index (χ0) is 10.7. The molecule has 0 heterocycles. The first-order valence-electron chi connectivity index (χ1n) is 4.40. The smallest absolute Gasteiger partial charge is 0.253 e. The van der Waals surface area contributed by atoms with Gasteiger partial charge in [0.2, 0.25) is 0 Å². The van der Waals surface area contributed by atoms with Gasteiger partial charge in [0.05, 0.1) is 5.56 Å². The lowest BCUT2D eigenvalue weighted by Gasteiger charge is -2.09. The van der Waals surface area contributed by atoms with Gasteiger partial charge in [-0.05, 0) is 24.1 Å². The second-order valence-electron chi connectivity index (χ2n) is 2.96. The number of carbonyl (C=O) groups is 1. The van der Waals surface area contributed by atoms with Crippen molar-refractivity contribution in [2.24, 2.45) is 0 Å². The monoisotopic (exact) mass is 212 g/mol. The maximum Gasteiger partial charge on any atom is 0.253 e. The maximum atomic E-state index is 11.4. The molecule has 4 heteroatoms. The summed E-state index contributed by atoms with van der Waals surface area (Å²) in [6.07, 6.45) is 0.760. The maximum absolute atomic E-state index is 11.4. The number of halogens is 1. The van der Waals surface area contributed by atoms with Gasteiger partial charge in [-0.3, -0.25) is 4.79 Å². The molecule has 0 fully saturated rings. The van der Waals surface area contributed by atoms with E-state index < -0.39 is 0 Å². The third kappa shape index (κ3) is 1.99. The van der Waals surface area contributed by atoms with Gasteiger partial charge in [0, 0.05) is 17.8 Å². The molecule has 0 bridgehead atoms. The topological polar surface area (TPSA) is 55.1 Å². The number of rotatable bonds is 2. The minimum absolute atomic E-state index is 0.209. The van der Waals surface area contributed by atoms with E-state index >= 15 is 0 Å². The van der Waals surface area contributed by atoms with E-state index in [2.05, 4.69) is 5.32 Å². The van der Waals surface area contributed by atoms with Crippen LogP contribution in [0.25, 0.3) is 0 Å². The van der Waals surface area contributed by atoms with Gasteiger partial charge in [-0.2, -0.15) is 0 Å². The Morgan fingerprint density at radius 1 is 1.57 bits per heavy atom. The number of benzene rings is 1. The lowest BCUT2D eigenvalue weighted by molar-refractivity contribution is 0.0964. The fourth-order valence-electron chi connectivity index (χ4n) is 1.29. The average molecular weight is 213 g/mol. The van der Waals surface area contributed by atoms with E-state index in [9.17, 15) is 4.79 Å². The number of anilines is 1. The Morgan fingerprint density at radius 2 is 2.21 bits per heavy atom. The molecule has 1 aromatic carbocycles. The van der Waals surface area contributed by atoms with Gasteiger partial charge < -0.3 is 11.1 Å². The molecule has 3 N–H and O–H groups in total. The van der Waals surface area contributed by atoms with Crippen molar-refractivity contribution in [1.29, 1.82) is 0 Å². The summed E-state index contributed by atoms with van der Waals surface area (Å²) in [5.41, 5.74) is 7.67. The van der Waals surface area contributed by atoms with Crippen LogP contribution in [-0.2, 0) is 6.42 Å². The van der Waals surface area contributed by atoms with Crippen molar-refractivity contribution < 1.29 is 4.79 Å². The molecule has 0 aromatic heterocycles. The Balaban J connectivity index is 3.29. The number of hydrogen-bond donors (Lipinski definition) is 2. The first kappa shape index (κ1) is 10.9. The van der Waals surface area contributed by atoms with Crippen LogP contribution in [0.2, 0.25) is 5.02 Å². The second-order valence-corrected chi connectivity index (χ2v) is 3.40. The normalized spacial score (nSPS) is 9.93. The van der Waals surface area contributed by atoms with Crippen LogP contribution >= 0.6 is 11.6 Å². The predicted molar refractivity (Wildman–Crippen MR) is 58.6 cm³/mol. The second kappa shape index (κ2) is 4.33. The molecular weight excluding hydrogens is 200 g/mol. The van der Waals surface area contributed by atoms with Crippen LogP contribution in [0.4, 0.5) is 5.69 Å². The number of amides is 1. The van der Waals surface area contributed by atoms with Gasteiger partial charge in [-0.1, -0.05) is 18.5 Å². The number of nitrogens with one attached hydrogen (secondary N) is 1. The Hall–Kier alpha value is -1.22. The van der Waals surface area contributed by atoms with E-state index in [0.29, 0.717) is 16.3 Å². The molecule has 0 spiro atoms. The number of nitrogens with two attached hydrogens (primary N) is 1. The fraction of sp³-hybridized carbons (Fsp3) is 0.300. The Labute approximate surface area is 88.2 Å². The van der Waals surface area contributed by atoms with E-state index in [1.54, 1.807) is 19.2 Å². The average Bonchev–Trinajstić information content (AvgIpc) is 2.19. The predicted octanol–water partition coefficient (Wildman–Crippen LogP) is 1.84. The zero-order valence-corrected chi connectivity index (χ0v) is 8.98. The largest absolute Gasteiger partial charge is 0.398 e. The SMILES string of the molecule is CCc1cc(Cl)cc(C(=O)NC)c1N. The molecule has 0 radical (unpaired) electrons. The number of carbonyl (C=O) groups excluding carboxylic acids is 1. The van der Waals surface area contributed by atoms with Gasteiger partial charge in [0.25, 0.3) is 5.91 Å². The van der Waals surface area contributed by atoms with Crippen LogP contribution < -0.4 is 11.1 Å². The number of nitrogen functional groups attached to an aromatic ring is 1. The lowest BCUT2D eigenvalue weighted by Crippen LogP contribution is -2.20. The lowest BCUT2D eigenvalue weighted by atomic mass is 10.0. The van der Waals surface area contributed by atoms with Crippen molar-refractivity contribution in [3.05, 3.63) is 28.3 Å². The summed E-state index contributed by atoms with van der Waals surface area (Å²) in [6, 6.07) is 3.36. The molecule has 0 aliphatic carbocycles. The molecule has 1 rings (SSSR count). The van der Waals surface area contributed by atoms with Gasteiger partial charge >= 0.3 is 0 Å². The van der Waals surface area contributed by atoms with Crippen LogP contribution in [0, 0.1) is 0 Å². The van der Waals surface area contributed by atoms with E-state index in [4.69, 9.17) is 17.3 Å². The number of aryl methyl sites for hydroxylation is 1. The molecule has 76 valence electrons. The highest BCUT2D eigenvalue weighted by atomic mass is 35.5. The molecule has 0 aliphatic rings. The molecular formula is C10H13ClN2O. The Kier molecular flexibility index (Phi) is 3.36. The van der Waals surface area contributed by atoms with E-state index in [0.717, 1.165) is 12.0 Å². The molecule has 14 heavy (non-hydrogen) atoms. The fourth-order valence-corrected chi connectivity index (χ4v) is 1.53. The quantitative estimate of drug-likeness (QED) is 0.736. The minimum atomic E-state index is -0.209. The highest BCUT2D eigenvalue weighted by Crippen LogP contribution is 2.23. The van der Waals surface area contributed by atoms with Crippen molar-refractivity contribution in [3.63, 3.8) is 0 Å². The summed E-state index contributed by atoms with van der Waals surface area (Å²) < 4.78 is 0. The summed E-state index contributed by atoms with van der Waals surface area (Å²) in [4.78, 5) is 11.4. The third-order valence-corrected chi connectivity index (χ3v) is 2.30. The molecule has 0 saturated heterocycles. The van der Waals surface area contributed by atoms with Crippen molar-refractivity contribution >= 4 is 23.2 Å². The zero-order valence-electron chi connectivity index (χ0n) is 8.23. The van der Waals surface area contributed by atoms with E-state index in [-0.39, 0.29) is 5.91 Å². The molecule has 0 atom stereocenters. The van der Waals surface area contributed by atoms with Crippen molar-refractivity contribution in [2.45, 2.75) is 13.3 Å². The third-order valence-electron chi connectivity index (χ3n) is 2.08. The van der Waals surface area contributed by atoms with Crippen LogP contribution in [0.15, 0.2) is 12.1 Å². The van der Waals surface area contributed by atoms with E-state index in [1.807, 2.05) is 6.92 Å². The summed E-state index contributed by atoms with van der Waals surface area (Å²) in [6.45, 7) is 1.97. The van der Waals surface area contributed by atoms with Crippen molar-refractivity contribution in [3.8, 4) is 0 Å². The first-order valence-corrected chi connectivity index (χ1v) is 4.78. The number of hydrogen-bond acceptors (Lipinski definition) is 2. The van der Waals surface area contributed by atoms with Crippen LogP contribution in [0.1, 0.15) is 22.8 Å². The molecule has 0 saturated carbocycles. The van der Waals surface area contributed by atoms with Crippen LogP contribution in [0.3, 0.4) is 0 Å². The molecule has 0 unspecified atom stereocenters. The highest BCUT2D eigenvalue weighted by molar-refractivity contribution is 6.31. The summed E-state index contributed by atoms with van der Waals surface area (Å²) in [7, 11) is 1.56.